The van der Waals surface area contributed by atoms with Crippen LogP contribution in [0.3, 0.4) is 0 Å². The van der Waals surface area contributed by atoms with Crippen LogP contribution in [0.2, 0.25) is 5.02 Å². The number of carbonyl (C=O) groups is 2. The average molecular weight is 447 g/mol. The predicted octanol–water partition coefficient (Wildman–Crippen LogP) is 3.39. The number of ether oxygens (including phenoxy) is 3. The van der Waals surface area contributed by atoms with E-state index in [2.05, 4.69) is 31.1 Å². The highest BCUT2D eigenvalue weighted by molar-refractivity contribution is 9.10. The molecule has 0 saturated carbocycles. The van der Waals surface area contributed by atoms with Crippen molar-refractivity contribution in [2.45, 2.75) is 25.9 Å². The third-order valence-electron chi connectivity index (χ3n) is 3.37. The molecule has 1 aromatic carbocycles. The maximum absolute atomic E-state index is 12.9. The molecule has 1 heterocycles. The lowest BCUT2D eigenvalue weighted by Crippen LogP contribution is -2.44. The maximum Gasteiger partial charge on any atom is 0.509 e. The molecule has 2 rings (SSSR count). The van der Waals surface area contributed by atoms with E-state index < -0.39 is 17.7 Å². The topological polar surface area (TPSA) is 103 Å². The summed E-state index contributed by atoms with van der Waals surface area (Å²) in [5, 5.41) is 6.60. The predicted molar refractivity (Wildman–Crippen MR) is 95.7 cm³/mol. The Hall–Kier alpha value is -2.13. The van der Waals surface area contributed by atoms with Gasteiger partial charge in [-0.2, -0.15) is 5.10 Å². The number of aromatic nitrogens is 3. The van der Waals surface area contributed by atoms with E-state index >= 15 is 0 Å². The van der Waals surface area contributed by atoms with E-state index in [9.17, 15) is 9.59 Å². The van der Waals surface area contributed by atoms with Gasteiger partial charge in [0.05, 0.1) is 19.6 Å². The number of rotatable bonds is 7. The summed E-state index contributed by atoms with van der Waals surface area (Å²) in [6, 6.07) is 4.82. The molecule has 140 valence electrons. The van der Waals surface area contributed by atoms with E-state index in [-0.39, 0.29) is 30.2 Å². The second kappa shape index (κ2) is 9.00. The Morgan fingerprint density at radius 3 is 2.58 bits per heavy atom. The molecule has 1 unspecified atom stereocenters. The summed E-state index contributed by atoms with van der Waals surface area (Å²) in [6.07, 6.45) is 0.0872. The summed E-state index contributed by atoms with van der Waals surface area (Å²) >= 11 is 9.65. The molecular weight excluding hydrogens is 430 g/mol. The lowest BCUT2D eigenvalue weighted by atomic mass is 9.89. The van der Waals surface area contributed by atoms with E-state index in [0.29, 0.717) is 10.3 Å². The first-order valence-electron chi connectivity index (χ1n) is 7.75. The molecule has 0 aliphatic rings. The first kappa shape index (κ1) is 20.2. The Labute approximate surface area is 163 Å². The highest BCUT2D eigenvalue weighted by atomic mass is 79.9. The third-order valence-corrected chi connectivity index (χ3v) is 4.18. The van der Waals surface area contributed by atoms with Crippen molar-refractivity contribution in [2.24, 2.45) is 0 Å². The number of H-pyrrole nitrogens is 1. The quantitative estimate of drug-likeness (QED) is 0.650. The van der Waals surface area contributed by atoms with Gasteiger partial charge in [0.25, 0.3) is 0 Å². The van der Waals surface area contributed by atoms with Gasteiger partial charge in [-0.3, -0.25) is 5.10 Å². The normalized spacial score (nSPS) is 12.9. The summed E-state index contributed by atoms with van der Waals surface area (Å²) in [5.41, 5.74) is -1.65. The zero-order valence-electron chi connectivity index (χ0n) is 14.1. The van der Waals surface area contributed by atoms with Crippen LogP contribution in [0.5, 0.6) is 0 Å². The first-order valence-corrected chi connectivity index (χ1v) is 8.92. The van der Waals surface area contributed by atoms with Gasteiger partial charge >= 0.3 is 12.1 Å². The Kier molecular flexibility index (Phi) is 6.98. The van der Waals surface area contributed by atoms with E-state index in [0.717, 1.165) is 0 Å². The van der Waals surface area contributed by atoms with Gasteiger partial charge in [-0.25, -0.2) is 14.6 Å². The molecule has 0 saturated heterocycles. The molecule has 0 aliphatic heterocycles. The lowest BCUT2D eigenvalue weighted by Gasteiger charge is -2.31. The zero-order valence-corrected chi connectivity index (χ0v) is 16.5. The molecule has 10 heteroatoms. The highest BCUT2D eigenvalue weighted by Gasteiger charge is 2.49. The summed E-state index contributed by atoms with van der Waals surface area (Å²) in [4.78, 5) is 29.0. The summed E-state index contributed by atoms with van der Waals surface area (Å²) in [7, 11) is 0. The van der Waals surface area contributed by atoms with Crippen molar-refractivity contribution in [3.8, 4) is 0 Å². The average Bonchev–Trinajstić information content (AvgIpc) is 3.07. The van der Waals surface area contributed by atoms with E-state index in [1.165, 1.54) is 6.33 Å². The fourth-order valence-electron chi connectivity index (χ4n) is 2.32. The number of hydrogen-bond acceptors (Lipinski definition) is 7. The number of aromatic amines is 1. The van der Waals surface area contributed by atoms with Gasteiger partial charge in [-0.05, 0) is 26.0 Å². The molecule has 0 amide bonds. The van der Waals surface area contributed by atoms with Crippen LogP contribution in [0.25, 0.3) is 0 Å². The minimum absolute atomic E-state index is 0.0775. The van der Waals surface area contributed by atoms with Crippen LogP contribution in [0.4, 0.5) is 4.79 Å². The molecule has 8 nitrogen and oxygen atoms in total. The molecule has 0 fully saturated rings. The number of carbonyl (C=O) groups excluding carboxylic acids is 2. The summed E-state index contributed by atoms with van der Waals surface area (Å²) in [5.74, 6) is -0.491. The standard InChI is InChI=1S/C16H17BrClN3O5/c1-3-24-14(22)16(26-15(23)25-4-2,8-13-19-9-20-21-13)11-6-5-10(17)7-12(11)18/h5-7,9H,3-4,8H2,1-2H3,(H,19,20,21). The van der Waals surface area contributed by atoms with Crippen LogP contribution in [-0.2, 0) is 31.0 Å². The smallest absolute Gasteiger partial charge is 0.463 e. The maximum atomic E-state index is 12.9. The fraction of sp³-hybridized carbons (Fsp3) is 0.375. The van der Waals surface area contributed by atoms with Crippen LogP contribution in [0.15, 0.2) is 29.0 Å². The van der Waals surface area contributed by atoms with Gasteiger partial charge in [-0.1, -0.05) is 33.6 Å². The van der Waals surface area contributed by atoms with Crippen LogP contribution in [-0.4, -0.2) is 40.5 Å². The molecule has 26 heavy (non-hydrogen) atoms. The van der Waals surface area contributed by atoms with Gasteiger partial charge in [0.2, 0.25) is 5.60 Å². The molecule has 1 aromatic heterocycles. The van der Waals surface area contributed by atoms with Crippen LogP contribution in [0.1, 0.15) is 25.2 Å². The largest absolute Gasteiger partial charge is 0.509 e. The van der Waals surface area contributed by atoms with Crippen molar-refractivity contribution in [3.63, 3.8) is 0 Å². The van der Waals surface area contributed by atoms with Crippen LogP contribution >= 0.6 is 27.5 Å². The van der Waals surface area contributed by atoms with Crippen molar-refractivity contribution in [1.29, 1.82) is 0 Å². The number of esters is 1. The number of nitrogens with zero attached hydrogens (tertiary/aromatic N) is 2. The molecule has 1 atom stereocenters. The number of halogens is 2. The number of hydrogen-bond donors (Lipinski definition) is 1. The van der Waals surface area contributed by atoms with Gasteiger partial charge in [0, 0.05) is 15.1 Å². The zero-order chi connectivity index (χ0) is 19.2. The van der Waals surface area contributed by atoms with E-state index in [1.54, 1.807) is 32.0 Å². The van der Waals surface area contributed by atoms with Gasteiger partial charge < -0.3 is 14.2 Å². The van der Waals surface area contributed by atoms with Crippen molar-refractivity contribution in [2.75, 3.05) is 13.2 Å². The Morgan fingerprint density at radius 2 is 2.00 bits per heavy atom. The summed E-state index contributed by atoms with van der Waals surface area (Å²) in [6.45, 7) is 3.42. The minimum atomic E-state index is -1.89. The van der Waals surface area contributed by atoms with Crippen molar-refractivity contribution >= 4 is 39.7 Å². The molecule has 0 aliphatic carbocycles. The minimum Gasteiger partial charge on any atom is -0.463 e. The van der Waals surface area contributed by atoms with E-state index in [4.69, 9.17) is 25.8 Å². The van der Waals surface area contributed by atoms with E-state index in [1.807, 2.05) is 0 Å². The molecule has 0 bridgehead atoms. The van der Waals surface area contributed by atoms with Crippen molar-refractivity contribution < 1.29 is 23.8 Å². The van der Waals surface area contributed by atoms with Gasteiger partial charge in [0.1, 0.15) is 12.2 Å². The molecule has 2 aromatic rings. The third kappa shape index (κ3) is 4.53. The van der Waals surface area contributed by atoms with Gasteiger partial charge in [-0.15, -0.1) is 0 Å². The second-order valence-corrected chi connectivity index (χ2v) is 6.39. The van der Waals surface area contributed by atoms with Gasteiger partial charge in [0.15, 0.2) is 0 Å². The lowest BCUT2D eigenvalue weighted by molar-refractivity contribution is -0.169. The molecule has 1 N–H and O–H groups in total. The number of benzene rings is 1. The Morgan fingerprint density at radius 1 is 1.27 bits per heavy atom. The number of nitrogens with one attached hydrogen (secondary N) is 1. The fourth-order valence-corrected chi connectivity index (χ4v) is 3.14. The molecule has 0 radical (unpaired) electrons. The SMILES string of the molecule is CCOC(=O)OC(Cc1ncn[nH]1)(C(=O)OCC)c1ccc(Br)cc1Cl. The highest BCUT2D eigenvalue weighted by Crippen LogP contribution is 2.37. The summed E-state index contributed by atoms with van der Waals surface area (Å²) < 4.78 is 16.2. The van der Waals surface area contributed by atoms with Crippen LogP contribution in [0, 0.1) is 0 Å². The van der Waals surface area contributed by atoms with Crippen molar-refractivity contribution in [3.05, 3.63) is 45.4 Å². The molecular formula is C16H17BrClN3O5. The monoisotopic (exact) mass is 445 g/mol. The Bertz CT molecular complexity index is 771. The molecule has 0 spiro atoms. The second-order valence-electron chi connectivity index (χ2n) is 5.07. The Balaban J connectivity index is 2.60. The first-order chi connectivity index (χ1) is 12.4. The van der Waals surface area contributed by atoms with Crippen molar-refractivity contribution in [1.82, 2.24) is 15.2 Å². The van der Waals surface area contributed by atoms with Crippen LogP contribution < -0.4 is 0 Å².